The lowest BCUT2D eigenvalue weighted by Gasteiger charge is -2.23. The van der Waals surface area contributed by atoms with E-state index in [9.17, 15) is 9.59 Å². The highest BCUT2D eigenvalue weighted by Crippen LogP contribution is 2.19. The smallest absolute Gasteiger partial charge is 0.257 e. The van der Waals surface area contributed by atoms with Crippen LogP contribution in [0, 0.1) is 0 Å². The molecule has 2 N–H and O–H groups in total. The number of amides is 2. The molecule has 0 saturated carbocycles. The van der Waals surface area contributed by atoms with E-state index in [0.29, 0.717) is 16.9 Å². The Bertz CT molecular complexity index is 755. The number of nitrogens with one attached hydrogen (secondary N) is 2. The fraction of sp³-hybridized carbons (Fsp3) is 0.350. The molecular weight excluding hydrogens is 328 g/mol. The molecule has 0 spiro atoms. The zero-order valence-electron chi connectivity index (χ0n) is 15.6. The lowest BCUT2D eigenvalue weighted by molar-refractivity contribution is -0.114. The largest absolute Gasteiger partial charge is 0.370 e. The van der Waals surface area contributed by atoms with Crippen molar-refractivity contribution in [3.05, 3.63) is 48.3 Å². The number of carbonyl (C=O) groups is 2. The van der Waals surface area contributed by atoms with Crippen LogP contribution in [0.15, 0.2) is 42.7 Å². The molecule has 1 heterocycles. The van der Waals surface area contributed by atoms with Gasteiger partial charge in [-0.2, -0.15) is 0 Å². The van der Waals surface area contributed by atoms with Crippen molar-refractivity contribution in [1.82, 2.24) is 4.98 Å². The Morgan fingerprint density at radius 2 is 1.65 bits per heavy atom. The molecule has 0 fully saturated rings. The molecule has 2 amide bonds. The number of anilines is 3. The number of pyridine rings is 1. The summed E-state index contributed by atoms with van der Waals surface area (Å²) in [6.45, 7) is 7.57. The molecule has 0 radical (unpaired) electrons. The van der Waals surface area contributed by atoms with Gasteiger partial charge < -0.3 is 15.5 Å². The number of rotatable bonds is 8. The number of benzene rings is 1. The molecule has 0 unspecified atom stereocenters. The van der Waals surface area contributed by atoms with Crippen molar-refractivity contribution in [1.29, 1.82) is 0 Å². The number of carbonyl (C=O) groups excluding carboxylic acids is 2. The monoisotopic (exact) mass is 354 g/mol. The van der Waals surface area contributed by atoms with Gasteiger partial charge in [0.15, 0.2) is 0 Å². The SMILES string of the molecule is CCCN(CCC)c1cncc(C(=O)Nc2cccc(NC(C)=O)c2)c1. The van der Waals surface area contributed by atoms with Gasteiger partial charge in [0.2, 0.25) is 5.91 Å². The fourth-order valence-corrected chi connectivity index (χ4v) is 2.72. The first kappa shape index (κ1) is 19.4. The molecule has 6 nitrogen and oxygen atoms in total. The minimum atomic E-state index is -0.229. The Morgan fingerprint density at radius 1 is 1.00 bits per heavy atom. The molecular formula is C20H26N4O2. The summed E-state index contributed by atoms with van der Waals surface area (Å²) in [6, 6.07) is 8.91. The third kappa shape index (κ3) is 5.58. The van der Waals surface area contributed by atoms with Crippen molar-refractivity contribution < 1.29 is 9.59 Å². The Hall–Kier alpha value is -2.89. The first-order chi connectivity index (χ1) is 12.5. The third-order valence-electron chi connectivity index (χ3n) is 3.78. The average molecular weight is 354 g/mol. The van der Waals surface area contributed by atoms with Crippen LogP contribution >= 0.6 is 0 Å². The summed E-state index contributed by atoms with van der Waals surface area (Å²) in [7, 11) is 0. The zero-order chi connectivity index (χ0) is 18.9. The highest BCUT2D eigenvalue weighted by Gasteiger charge is 2.11. The molecule has 138 valence electrons. The van der Waals surface area contributed by atoms with Gasteiger partial charge in [0, 0.05) is 37.6 Å². The number of hydrogen-bond acceptors (Lipinski definition) is 4. The zero-order valence-corrected chi connectivity index (χ0v) is 15.6. The minimum Gasteiger partial charge on any atom is -0.370 e. The van der Waals surface area contributed by atoms with Crippen molar-refractivity contribution in [3.63, 3.8) is 0 Å². The van der Waals surface area contributed by atoms with E-state index < -0.39 is 0 Å². The summed E-state index contributed by atoms with van der Waals surface area (Å²) in [5.74, 6) is -0.385. The second kappa shape index (κ2) is 9.56. The Labute approximate surface area is 154 Å². The maximum Gasteiger partial charge on any atom is 0.257 e. The fourth-order valence-electron chi connectivity index (χ4n) is 2.72. The molecule has 0 aliphatic rings. The predicted molar refractivity (Wildman–Crippen MR) is 106 cm³/mol. The van der Waals surface area contributed by atoms with Crippen LogP contribution in [0.1, 0.15) is 44.0 Å². The van der Waals surface area contributed by atoms with Crippen LogP contribution in [-0.2, 0) is 4.79 Å². The molecule has 0 aliphatic carbocycles. The molecule has 0 atom stereocenters. The summed E-state index contributed by atoms with van der Waals surface area (Å²) >= 11 is 0. The number of aromatic nitrogens is 1. The maximum absolute atomic E-state index is 12.6. The quantitative estimate of drug-likeness (QED) is 0.753. The van der Waals surface area contributed by atoms with Crippen LogP contribution < -0.4 is 15.5 Å². The van der Waals surface area contributed by atoms with E-state index in [1.165, 1.54) is 6.92 Å². The van der Waals surface area contributed by atoms with E-state index in [4.69, 9.17) is 0 Å². The van der Waals surface area contributed by atoms with E-state index in [1.54, 1.807) is 36.7 Å². The highest BCUT2D eigenvalue weighted by molar-refractivity contribution is 6.05. The number of nitrogens with zero attached hydrogens (tertiary/aromatic N) is 2. The van der Waals surface area contributed by atoms with Gasteiger partial charge in [-0.25, -0.2) is 0 Å². The van der Waals surface area contributed by atoms with E-state index in [1.807, 2.05) is 6.07 Å². The topological polar surface area (TPSA) is 74.3 Å². The average Bonchev–Trinajstić information content (AvgIpc) is 2.61. The molecule has 0 aliphatic heterocycles. The second-order valence-electron chi connectivity index (χ2n) is 6.13. The van der Waals surface area contributed by atoms with E-state index in [0.717, 1.165) is 31.6 Å². The van der Waals surface area contributed by atoms with Crippen LogP contribution in [-0.4, -0.2) is 29.9 Å². The van der Waals surface area contributed by atoms with Gasteiger partial charge in [0.05, 0.1) is 17.4 Å². The van der Waals surface area contributed by atoms with Crippen molar-refractivity contribution in [2.75, 3.05) is 28.6 Å². The molecule has 2 aromatic rings. The van der Waals surface area contributed by atoms with Crippen molar-refractivity contribution >= 4 is 28.9 Å². The summed E-state index contributed by atoms with van der Waals surface area (Å²) in [6.07, 6.45) is 5.42. The molecule has 1 aromatic heterocycles. The van der Waals surface area contributed by atoms with Crippen LogP contribution in [0.25, 0.3) is 0 Å². The molecule has 1 aromatic carbocycles. The maximum atomic E-state index is 12.6. The predicted octanol–water partition coefficient (Wildman–Crippen LogP) is 3.92. The van der Waals surface area contributed by atoms with Gasteiger partial charge in [-0.3, -0.25) is 14.6 Å². The number of hydrogen-bond donors (Lipinski definition) is 2. The normalized spacial score (nSPS) is 10.3. The van der Waals surface area contributed by atoms with Crippen LogP contribution in [0.5, 0.6) is 0 Å². The van der Waals surface area contributed by atoms with Crippen LogP contribution in [0.3, 0.4) is 0 Å². The van der Waals surface area contributed by atoms with Gasteiger partial charge in [-0.1, -0.05) is 19.9 Å². The summed E-state index contributed by atoms with van der Waals surface area (Å²) in [5, 5.41) is 5.55. The summed E-state index contributed by atoms with van der Waals surface area (Å²) < 4.78 is 0. The molecule has 26 heavy (non-hydrogen) atoms. The van der Waals surface area contributed by atoms with Crippen molar-refractivity contribution in [3.8, 4) is 0 Å². The van der Waals surface area contributed by atoms with Crippen LogP contribution in [0.2, 0.25) is 0 Å². The van der Waals surface area contributed by atoms with Gasteiger partial charge in [0.1, 0.15) is 0 Å². The lowest BCUT2D eigenvalue weighted by atomic mass is 10.2. The summed E-state index contributed by atoms with van der Waals surface area (Å²) in [4.78, 5) is 30.2. The first-order valence-corrected chi connectivity index (χ1v) is 8.92. The highest BCUT2D eigenvalue weighted by atomic mass is 16.2. The van der Waals surface area contributed by atoms with Crippen molar-refractivity contribution in [2.24, 2.45) is 0 Å². The molecule has 2 rings (SSSR count). The van der Waals surface area contributed by atoms with Gasteiger partial charge in [0.25, 0.3) is 5.91 Å². The summed E-state index contributed by atoms with van der Waals surface area (Å²) in [5.41, 5.74) is 2.71. The third-order valence-corrected chi connectivity index (χ3v) is 3.78. The standard InChI is InChI=1S/C20H26N4O2/c1-4-9-24(10-5-2)19-11-16(13-21-14-19)20(26)23-18-8-6-7-17(12-18)22-15(3)25/h6-8,11-14H,4-5,9-10H2,1-3H3,(H,22,25)(H,23,26). The van der Waals surface area contributed by atoms with E-state index >= 15 is 0 Å². The molecule has 0 bridgehead atoms. The van der Waals surface area contributed by atoms with Crippen LogP contribution in [0.4, 0.5) is 17.1 Å². The Morgan fingerprint density at radius 3 is 2.27 bits per heavy atom. The molecule has 0 saturated heterocycles. The lowest BCUT2D eigenvalue weighted by Crippen LogP contribution is -2.25. The van der Waals surface area contributed by atoms with Gasteiger partial charge in [-0.15, -0.1) is 0 Å². The van der Waals surface area contributed by atoms with E-state index in [-0.39, 0.29) is 11.8 Å². The van der Waals surface area contributed by atoms with Gasteiger partial charge >= 0.3 is 0 Å². The Kier molecular flexibility index (Phi) is 7.14. The van der Waals surface area contributed by atoms with E-state index in [2.05, 4.69) is 34.4 Å². The van der Waals surface area contributed by atoms with Gasteiger partial charge in [-0.05, 0) is 37.1 Å². The molecule has 6 heteroatoms. The minimum absolute atomic E-state index is 0.155. The second-order valence-corrected chi connectivity index (χ2v) is 6.13. The first-order valence-electron chi connectivity index (χ1n) is 8.92. The van der Waals surface area contributed by atoms with Crippen molar-refractivity contribution in [2.45, 2.75) is 33.6 Å². The Balaban J connectivity index is 2.14.